The van der Waals surface area contributed by atoms with E-state index in [0.717, 1.165) is 18.5 Å². The minimum atomic E-state index is -0.833. The lowest BCUT2D eigenvalue weighted by Crippen LogP contribution is -2.51. The summed E-state index contributed by atoms with van der Waals surface area (Å²) in [5, 5.41) is 5.42. The molecule has 2 heterocycles. The molecule has 0 bridgehead atoms. The summed E-state index contributed by atoms with van der Waals surface area (Å²) >= 11 is 12.8. The van der Waals surface area contributed by atoms with E-state index in [0.29, 0.717) is 52.0 Å². The second kappa shape index (κ2) is 11.9. The van der Waals surface area contributed by atoms with Gasteiger partial charge in [-0.2, -0.15) is 9.61 Å². The van der Waals surface area contributed by atoms with Crippen molar-refractivity contribution < 1.29 is 4.79 Å². The molecule has 0 saturated carbocycles. The Balaban J connectivity index is 1.94. The van der Waals surface area contributed by atoms with Gasteiger partial charge in [0.15, 0.2) is 0 Å². The maximum absolute atomic E-state index is 14.1. The lowest BCUT2D eigenvalue weighted by atomic mass is 9.89. The zero-order chi connectivity index (χ0) is 28.3. The average molecular weight is 569 g/mol. The van der Waals surface area contributed by atoms with Crippen LogP contribution in [0, 0.1) is 6.92 Å². The first-order valence-corrected chi connectivity index (χ1v) is 13.9. The molecule has 0 aliphatic heterocycles. The van der Waals surface area contributed by atoms with E-state index in [1.54, 1.807) is 35.8 Å². The van der Waals surface area contributed by atoms with Gasteiger partial charge in [-0.05, 0) is 83.2 Å². The zero-order valence-corrected chi connectivity index (χ0v) is 24.6. The molecule has 7 nitrogen and oxygen atoms in total. The molecule has 1 atom stereocenters. The van der Waals surface area contributed by atoms with Crippen LogP contribution in [0.25, 0.3) is 5.52 Å². The minimum absolute atomic E-state index is 0.121. The van der Waals surface area contributed by atoms with Crippen LogP contribution in [0.15, 0.2) is 65.5 Å². The predicted octanol–water partition coefficient (Wildman–Crippen LogP) is 5.88. The second-order valence-corrected chi connectivity index (χ2v) is 11.1. The summed E-state index contributed by atoms with van der Waals surface area (Å²) in [6.07, 6.45) is 1.34. The quantitative estimate of drug-likeness (QED) is 0.240. The Morgan fingerprint density at radius 2 is 1.69 bits per heavy atom. The first-order valence-electron chi connectivity index (χ1n) is 13.1. The number of rotatable bonds is 10. The molecule has 0 radical (unpaired) electrons. The third-order valence-electron chi connectivity index (χ3n) is 7.34. The van der Waals surface area contributed by atoms with E-state index < -0.39 is 5.54 Å². The van der Waals surface area contributed by atoms with Gasteiger partial charge in [0.05, 0.1) is 34.0 Å². The van der Waals surface area contributed by atoms with Gasteiger partial charge in [0.2, 0.25) is 0 Å². The number of carbonyl (C=O) groups excluding carboxylic acids is 1. The lowest BCUT2D eigenvalue weighted by molar-refractivity contribution is 0.0453. The Hall–Kier alpha value is -3.13. The van der Waals surface area contributed by atoms with Crippen LogP contribution in [0.3, 0.4) is 0 Å². The predicted molar refractivity (Wildman–Crippen MR) is 158 cm³/mol. The van der Waals surface area contributed by atoms with E-state index in [1.807, 2.05) is 69.2 Å². The Bertz CT molecular complexity index is 1510. The van der Waals surface area contributed by atoms with Crippen molar-refractivity contribution in [2.75, 3.05) is 27.2 Å². The largest absolute Gasteiger partial charge is 0.349 e. The van der Waals surface area contributed by atoms with Crippen molar-refractivity contribution in [1.82, 2.24) is 24.0 Å². The highest BCUT2D eigenvalue weighted by molar-refractivity contribution is 6.34. The van der Waals surface area contributed by atoms with Crippen LogP contribution < -0.4 is 5.69 Å². The van der Waals surface area contributed by atoms with Crippen LogP contribution in [0.5, 0.6) is 0 Å². The highest BCUT2D eigenvalue weighted by Gasteiger charge is 2.39. The topological polar surface area (TPSA) is 62.9 Å². The molecule has 4 aromatic rings. The highest BCUT2D eigenvalue weighted by atomic mass is 35.5. The van der Waals surface area contributed by atoms with E-state index in [2.05, 4.69) is 10.00 Å². The third-order valence-corrected chi connectivity index (χ3v) is 8.06. The number of aromatic nitrogens is 3. The fourth-order valence-electron chi connectivity index (χ4n) is 4.96. The Kier molecular flexibility index (Phi) is 8.84. The summed E-state index contributed by atoms with van der Waals surface area (Å²) in [7, 11) is 4.03. The fourth-order valence-corrected chi connectivity index (χ4v) is 5.26. The van der Waals surface area contributed by atoms with Gasteiger partial charge >= 0.3 is 5.69 Å². The Morgan fingerprint density at radius 3 is 2.31 bits per heavy atom. The minimum Gasteiger partial charge on any atom is -0.328 e. The molecule has 0 fully saturated rings. The number of amides is 1. The number of halogens is 2. The number of carbonyl (C=O) groups is 1. The van der Waals surface area contributed by atoms with Gasteiger partial charge in [-0.1, -0.05) is 60.5 Å². The van der Waals surface area contributed by atoms with Crippen molar-refractivity contribution in [1.29, 1.82) is 0 Å². The van der Waals surface area contributed by atoms with Crippen LogP contribution in [0.4, 0.5) is 0 Å². The second-order valence-electron chi connectivity index (χ2n) is 10.3. The summed E-state index contributed by atoms with van der Waals surface area (Å²) < 4.78 is 3.08. The normalized spacial score (nSPS) is 13.1. The number of fused-ring (bicyclic) bond motifs is 1. The molecule has 4 rings (SSSR count). The lowest BCUT2D eigenvalue weighted by Gasteiger charge is -2.42. The molecule has 0 saturated heterocycles. The van der Waals surface area contributed by atoms with Crippen LogP contribution in [-0.2, 0) is 12.1 Å². The molecule has 206 valence electrons. The Morgan fingerprint density at radius 1 is 1.03 bits per heavy atom. The molecule has 0 aliphatic carbocycles. The van der Waals surface area contributed by atoms with Gasteiger partial charge in [-0.15, -0.1) is 0 Å². The first-order chi connectivity index (χ1) is 18.6. The van der Waals surface area contributed by atoms with Crippen molar-refractivity contribution in [3.05, 3.63) is 104 Å². The summed E-state index contributed by atoms with van der Waals surface area (Å²) in [5.74, 6) is -0.121. The van der Waals surface area contributed by atoms with Crippen molar-refractivity contribution in [2.24, 2.45) is 0 Å². The molecular weight excluding hydrogens is 533 g/mol. The van der Waals surface area contributed by atoms with E-state index in [1.165, 1.54) is 4.52 Å². The Labute approximate surface area is 239 Å². The molecule has 0 aliphatic rings. The maximum Gasteiger partial charge on any atom is 0.349 e. The van der Waals surface area contributed by atoms with Crippen LogP contribution in [0.1, 0.15) is 54.0 Å². The molecule has 0 N–H and O–H groups in total. The molecular formula is C30H35Cl2N5O2. The average Bonchev–Trinajstić information content (AvgIpc) is 3.21. The van der Waals surface area contributed by atoms with E-state index in [4.69, 9.17) is 23.2 Å². The summed E-state index contributed by atoms with van der Waals surface area (Å²) in [4.78, 5) is 32.1. The summed E-state index contributed by atoms with van der Waals surface area (Å²) in [5.41, 5.74) is 2.20. The van der Waals surface area contributed by atoms with Crippen molar-refractivity contribution >= 4 is 34.6 Å². The zero-order valence-electron chi connectivity index (χ0n) is 23.1. The van der Waals surface area contributed by atoms with Crippen LogP contribution in [0.2, 0.25) is 10.0 Å². The summed E-state index contributed by atoms with van der Waals surface area (Å²) in [6, 6.07) is 18.7. The third kappa shape index (κ3) is 5.91. The van der Waals surface area contributed by atoms with Gasteiger partial charge in [0.25, 0.3) is 5.91 Å². The molecule has 2 aromatic heterocycles. The van der Waals surface area contributed by atoms with E-state index in [-0.39, 0.29) is 11.6 Å². The van der Waals surface area contributed by atoms with Crippen molar-refractivity contribution in [3.8, 4) is 0 Å². The van der Waals surface area contributed by atoms with Crippen LogP contribution >= 0.6 is 23.2 Å². The molecule has 1 amide bonds. The monoisotopic (exact) mass is 567 g/mol. The first kappa shape index (κ1) is 28.9. The molecule has 1 unspecified atom stereocenters. The maximum atomic E-state index is 14.1. The van der Waals surface area contributed by atoms with Gasteiger partial charge in [0, 0.05) is 17.1 Å². The van der Waals surface area contributed by atoms with Crippen LogP contribution in [-0.4, -0.2) is 57.1 Å². The summed E-state index contributed by atoms with van der Waals surface area (Å²) in [6.45, 7) is 7.50. The highest BCUT2D eigenvalue weighted by Crippen LogP contribution is 2.35. The van der Waals surface area contributed by atoms with Crippen molar-refractivity contribution in [2.45, 2.75) is 45.7 Å². The molecule has 2 aromatic carbocycles. The standard InChI is InChI=1S/C30H35Cl2N5O2/c1-6-30(3,36(18-10-17-34(4)5)28(38)23-13-15-24(31)16-14-23)26-19-25-27(32)21(2)33-37(25)29(39)35(26)20-22-11-8-7-9-12-22/h7-9,11-16,19H,6,10,17-18,20H2,1-5H3. The molecule has 0 spiro atoms. The SMILES string of the molecule is CCC(C)(c1cc2c(Cl)c(C)nn2c(=O)n1Cc1ccccc1)N(CCCN(C)C)C(=O)c1ccc(Cl)cc1. The van der Waals surface area contributed by atoms with Gasteiger partial charge < -0.3 is 9.80 Å². The number of hydrogen-bond acceptors (Lipinski definition) is 4. The van der Waals surface area contributed by atoms with Gasteiger partial charge in [-0.3, -0.25) is 9.36 Å². The van der Waals surface area contributed by atoms with Crippen molar-refractivity contribution in [3.63, 3.8) is 0 Å². The number of nitrogens with zero attached hydrogens (tertiary/aromatic N) is 5. The fraction of sp³-hybridized carbons (Fsp3) is 0.367. The van der Waals surface area contributed by atoms with Gasteiger partial charge in [-0.25, -0.2) is 4.79 Å². The van der Waals surface area contributed by atoms with Gasteiger partial charge in [0.1, 0.15) is 0 Å². The van der Waals surface area contributed by atoms with E-state index >= 15 is 0 Å². The smallest absolute Gasteiger partial charge is 0.328 e. The molecule has 39 heavy (non-hydrogen) atoms. The molecule has 9 heteroatoms. The number of aryl methyl sites for hydroxylation is 1. The number of hydrogen-bond donors (Lipinski definition) is 0. The number of benzene rings is 2. The van der Waals surface area contributed by atoms with E-state index in [9.17, 15) is 9.59 Å².